The van der Waals surface area contributed by atoms with Crippen molar-refractivity contribution in [2.45, 2.75) is 64.5 Å². The highest BCUT2D eigenvalue weighted by Gasteiger charge is 2.55. The molecular formula is C20H28N2O. The van der Waals surface area contributed by atoms with Crippen LogP contribution < -0.4 is 0 Å². The Morgan fingerprint density at radius 3 is 2.61 bits per heavy atom. The normalized spacial score (nSPS) is 36.5. The van der Waals surface area contributed by atoms with Gasteiger partial charge in [0.25, 0.3) is 0 Å². The molecule has 1 aromatic rings. The van der Waals surface area contributed by atoms with Crippen molar-refractivity contribution in [3.63, 3.8) is 0 Å². The van der Waals surface area contributed by atoms with E-state index >= 15 is 0 Å². The van der Waals surface area contributed by atoms with Gasteiger partial charge in [-0.05, 0) is 68.2 Å². The van der Waals surface area contributed by atoms with Crippen LogP contribution in [-0.4, -0.2) is 23.8 Å². The van der Waals surface area contributed by atoms with E-state index in [-0.39, 0.29) is 11.0 Å². The number of rotatable bonds is 1. The number of benzene rings is 1. The Kier molecular flexibility index (Phi) is 3.82. The third-order valence-electron chi connectivity index (χ3n) is 6.15. The Morgan fingerprint density at radius 2 is 1.96 bits per heavy atom. The first-order chi connectivity index (χ1) is 10.7. The fraction of sp³-hybridized carbons (Fsp3) is 0.650. The third-order valence-corrected chi connectivity index (χ3v) is 6.15. The quantitative estimate of drug-likeness (QED) is 0.780. The van der Waals surface area contributed by atoms with Crippen LogP contribution in [0, 0.1) is 30.1 Å². The molecule has 1 aliphatic carbocycles. The average molecular weight is 312 g/mol. The minimum Gasteiger partial charge on any atom is -0.293 e. The van der Waals surface area contributed by atoms with Crippen molar-refractivity contribution in [3.05, 3.63) is 34.9 Å². The molecule has 3 rings (SSSR count). The first-order valence-corrected chi connectivity index (χ1v) is 8.61. The van der Waals surface area contributed by atoms with Crippen LogP contribution in [0.4, 0.5) is 0 Å². The lowest BCUT2D eigenvalue weighted by atomic mass is 9.58. The second-order valence-corrected chi connectivity index (χ2v) is 8.43. The van der Waals surface area contributed by atoms with Crippen LogP contribution in [0.2, 0.25) is 0 Å². The summed E-state index contributed by atoms with van der Waals surface area (Å²) in [5.74, 6) is 1.07. The minimum atomic E-state index is -0.129. The van der Waals surface area contributed by atoms with Crippen molar-refractivity contribution in [2.24, 2.45) is 11.8 Å². The lowest BCUT2D eigenvalue weighted by molar-refractivity contribution is -0.182. The summed E-state index contributed by atoms with van der Waals surface area (Å²) in [4.78, 5) is 6.15. The highest BCUT2D eigenvalue weighted by molar-refractivity contribution is 5.42. The molecule has 1 aliphatic heterocycles. The summed E-state index contributed by atoms with van der Waals surface area (Å²) in [6.07, 6.45) is 2.24. The Bertz CT molecular complexity index is 660. The summed E-state index contributed by atoms with van der Waals surface area (Å²) in [5.41, 5.74) is 3.37. The van der Waals surface area contributed by atoms with Crippen molar-refractivity contribution in [1.82, 2.24) is 5.06 Å². The van der Waals surface area contributed by atoms with E-state index in [1.807, 2.05) is 6.07 Å². The van der Waals surface area contributed by atoms with Gasteiger partial charge in [-0.3, -0.25) is 4.84 Å². The molecule has 0 radical (unpaired) electrons. The van der Waals surface area contributed by atoms with Gasteiger partial charge in [-0.2, -0.15) is 10.3 Å². The second-order valence-electron chi connectivity index (χ2n) is 8.43. The van der Waals surface area contributed by atoms with Gasteiger partial charge in [0.05, 0.1) is 17.2 Å². The van der Waals surface area contributed by atoms with Gasteiger partial charge in [0.1, 0.15) is 0 Å². The third kappa shape index (κ3) is 2.58. The number of aryl methyl sites for hydroxylation is 1. The molecule has 0 spiro atoms. The number of hydrogen-bond acceptors (Lipinski definition) is 3. The Morgan fingerprint density at radius 1 is 1.26 bits per heavy atom. The van der Waals surface area contributed by atoms with E-state index in [4.69, 9.17) is 4.84 Å². The zero-order chi connectivity index (χ0) is 17.0. The summed E-state index contributed by atoms with van der Waals surface area (Å²) in [6, 6.07) is 8.91. The van der Waals surface area contributed by atoms with Crippen LogP contribution in [0.1, 0.15) is 57.2 Å². The molecule has 0 aromatic heterocycles. The maximum atomic E-state index is 9.28. The molecule has 0 N–H and O–H groups in total. The molecule has 1 aromatic carbocycles. The predicted octanol–water partition coefficient (Wildman–Crippen LogP) is 4.19. The fourth-order valence-electron chi connectivity index (χ4n) is 5.25. The molecule has 3 heteroatoms. The van der Waals surface area contributed by atoms with Crippen LogP contribution in [-0.2, 0) is 10.3 Å². The number of hydroxylamine groups is 2. The molecule has 23 heavy (non-hydrogen) atoms. The molecule has 0 unspecified atom stereocenters. The van der Waals surface area contributed by atoms with Crippen molar-refractivity contribution in [2.75, 3.05) is 7.05 Å². The molecule has 0 amide bonds. The fourth-order valence-corrected chi connectivity index (χ4v) is 5.25. The molecule has 1 saturated carbocycles. The van der Waals surface area contributed by atoms with E-state index in [2.05, 4.69) is 64.9 Å². The van der Waals surface area contributed by atoms with E-state index in [1.54, 1.807) is 0 Å². The molecule has 2 aliphatic rings. The minimum absolute atomic E-state index is 0.101. The zero-order valence-electron chi connectivity index (χ0n) is 15.2. The first-order valence-electron chi connectivity index (χ1n) is 8.61. The number of nitrogens with zero attached hydrogens (tertiary/aromatic N) is 2. The van der Waals surface area contributed by atoms with Crippen LogP contribution in [0.3, 0.4) is 0 Å². The van der Waals surface area contributed by atoms with Gasteiger partial charge in [0, 0.05) is 19.0 Å². The van der Waals surface area contributed by atoms with Crippen molar-refractivity contribution < 1.29 is 4.84 Å². The highest BCUT2D eigenvalue weighted by atomic mass is 16.7. The molecule has 2 fully saturated rings. The van der Waals surface area contributed by atoms with Crippen LogP contribution in [0.15, 0.2) is 18.2 Å². The molecular weight excluding hydrogens is 284 g/mol. The second kappa shape index (κ2) is 5.33. The van der Waals surface area contributed by atoms with Gasteiger partial charge in [-0.1, -0.05) is 19.9 Å². The van der Waals surface area contributed by atoms with Gasteiger partial charge in [0.2, 0.25) is 0 Å². The maximum Gasteiger partial charge on any atom is 0.0991 e. The van der Waals surface area contributed by atoms with Crippen LogP contribution >= 0.6 is 0 Å². The molecule has 4 atom stereocenters. The smallest absolute Gasteiger partial charge is 0.0991 e. The predicted molar refractivity (Wildman–Crippen MR) is 91.8 cm³/mol. The standard InChI is InChI=1S/C20H28N2O/c1-13-7-8-15(12-21)9-16(13)20(5)10-14(2)18-17(11-20)19(3,4)23-22(18)6/h7-9,14,17-18H,10-11H2,1-6H3/t14-,17+,18+,20+/m0/s1. The summed E-state index contributed by atoms with van der Waals surface area (Å²) in [5, 5.41) is 11.4. The van der Waals surface area contributed by atoms with E-state index in [9.17, 15) is 5.26 Å². The topological polar surface area (TPSA) is 36.3 Å². The van der Waals surface area contributed by atoms with Gasteiger partial charge < -0.3 is 0 Å². The van der Waals surface area contributed by atoms with Crippen molar-refractivity contribution in [1.29, 1.82) is 5.26 Å². The summed E-state index contributed by atoms with van der Waals surface area (Å²) >= 11 is 0. The monoisotopic (exact) mass is 312 g/mol. The lowest BCUT2D eigenvalue weighted by Crippen LogP contribution is -2.48. The lowest BCUT2D eigenvalue weighted by Gasteiger charge is -2.47. The maximum absolute atomic E-state index is 9.28. The van der Waals surface area contributed by atoms with E-state index < -0.39 is 0 Å². The molecule has 1 heterocycles. The summed E-state index contributed by atoms with van der Waals surface area (Å²) in [7, 11) is 2.08. The molecule has 0 bridgehead atoms. The molecule has 1 saturated heterocycles. The Hall–Kier alpha value is -1.37. The highest BCUT2D eigenvalue weighted by Crippen LogP contribution is 2.53. The van der Waals surface area contributed by atoms with Crippen LogP contribution in [0.5, 0.6) is 0 Å². The molecule has 3 nitrogen and oxygen atoms in total. The van der Waals surface area contributed by atoms with Gasteiger partial charge in [-0.25, -0.2) is 0 Å². The molecule has 124 valence electrons. The van der Waals surface area contributed by atoms with Crippen molar-refractivity contribution >= 4 is 0 Å². The largest absolute Gasteiger partial charge is 0.293 e. The number of nitriles is 1. The number of fused-ring (bicyclic) bond motifs is 1. The summed E-state index contributed by atoms with van der Waals surface area (Å²) < 4.78 is 0. The Balaban J connectivity index is 2.03. The average Bonchev–Trinajstić information content (AvgIpc) is 2.68. The van der Waals surface area contributed by atoms with E-state index in [1.165, 1.54) is 11.1 Å². The zero-order valence-corrected chi connectivity index (χ0v) is 15.2. The SMILES string of the molecule is Cc1ccc(C#N)cc1[C@@]1(C)C[C@@H]2[C@@H]([C@@H](C)C1)N(C)OC2(C)C. The summed E-state index contributed by atoms with van der Waals surface area (Å²) in [6.45, 7) is 11.3. The van der Waals surface area contributed by atoms with E-state index in [0.29, 0.717) is 17.9 Å². The van der Waals surface area contributed by atoms with Gasteiger partial charge >= 0.3 is 0 Å². The van der Waals surface area contributed by atoms with Crippen LogP contribution in [0.25, 0.3) is 0 Å². The first kappa shape index (κ1) is 16.5. The van der Waals surface area contributed by atoms with E-state index in [0.717, 1.165) is 18.4 Å². The number of hydrogen-bond donors (Lipinski definition) is 0. The van der Waals surface area contributed by atoms with Gasteiger partial charge in [-0.15, -0.1) is 0 Å². The van der Waals surface area contributed by atoms with Crippen molar-refractivity contribution in [3.8, 4) is 6.07 Å². The van der Waals surface area contributed by atoms with Gasteiger partial charge in [0.15, 0.2) is 0 Å². The Labute approximate surface area is 140 Å².